The Labute approximate surface area is 102 Å². The standard InChI is InChI=1S/C10H11ClF2N2O2/c1-2-17-7(16)3-5-8(14)6(11)4-15-9(5)10(12)13/h4,10H,2-3H2,1H3,(H2,14,15). The van der Waals surface area contributed by atoms with Crippen LogP contribution in [0.5, 0.6) is 0 Å². The van der Waals surface area contributed by atoms with E-state index in [0.29, 0.717) is 0 Å². The van der Waals surface area contributed by atoms with E-state index in [0.717, 1.165) is 6.20 Å². The summed E-state index contributed by atoms with van der Waals surface area (Å²) in [4.78, 5) is 14.7. The molecule has 1 aromatic rings. The summed E-state index contributed by atoms with van der Waals surface area (Å²) in [5.41, 5.74) is 4.87. The Morgan fingerprint density at radius 1 is 1.65 bits per heavy atom. The Bertz CT molecular complexity index is 427. The molecule has 2 N–H and O–H groups in total. The van der Waals surface area contributed by atoms with Crippen LogP contribution >= 0.6 is 11.6 Å². The average molecular weight is 265 g/mol. The third-order valence-electron chi connectivity index (χ3n) is 2.04. The van der Waals surface area contributed by atoms with Crippen molar-refractivity contribution < 1.29 is 18.3 Å². The van der Waals surface area contributed by atoms with E-state index < -0.39 is 18.1 Å². The fourth-order valence-electron chi connectivity index (χ4n) is 1.29. The molecule has 0 fully saturated rings. The molecule has 0 saturated heterocycles. The van der Waals surface area contributed by atoms with Gasteiger partial charge in [0.1, 0.15) is 5.69 Å². The molecular weight excluding hydrogens is 254 g/mol. The lowest BCUT2D eigenvalue weighted by Crippen LogP contribution is -2.13. The van der Waals surface area contributed by atoms with Crippen LogP contribution in [-0.4, -0.2) is 17.6 Å². The van der Waals surface area contributed by atoms with Gasteiger partial charge in [-0.15, -0.1) is 0 Å². The Balaban J connectivity index is 3.10. The number of nitrogens with zero attached hydrogens (tertiary/aromatic N) is 1. The molecule has 17 heavy (non-hydrogen) atoms. The van der Waals surface area contributed by atoms with Crippen LogP contribution in [0.3, 0.4) is 0 Å². The third-order valence-corrected chi connectivity index (χ3v) is 2.34. The molecule has 0 atom stereocenters. The normalized spacial score (nSPS) is 10.6. The lowest BCUT2D eigenvalue weighted by Gasteiger charge is -2.11. The van der Waals surface area contributed by atoms with Gasteiger partial charge in [-0.2, -0.15) is 0 Å². The second-order valence-corrected chi connectivity index (χ2v) is 3.57. The van der Waals surface area contributed by atoms with Crippen LogP contribution in [0.25, 0.3) is 0 Å². The fraction of sp³-hybridized carbons (Fsp3) is 0.400. The van der Waals surface area contributed by atoms with E-state index in [-0.39, 0.29) is 29.3 Å². The first-order chi connectivity index (χ1) is 7.97. The Kier molecular flexibility index (Phi) is 4.62. The highest BCUT2D eigenvalue weighted by Crippen LogP contribution is 2.30. The number of pyridine rings is 1. The van der Waals surface area contributed by atoms with Crippen molar-refractivity contribution in [2.24, 2.45) is 0 Å². The van der Waals surface area contributed by atoms with E-state index in [1.807, 2.05) is 0 Å². The van der Waals surface area contributed by atoms with Crippen molar-refractivity contribution in [1.82, 2.24) is 4.98 Å². The zero-order chi connectivity index (χ0) is 13.0. The number of ether oxygens (including phenoxy) is 1. The maximum Gasteiger partial charge on any atom is 0.310 e. The summed E-state index contributed by atoms with van der Waals surface area (Å²) >= 11 is 5.67. The summed E-state index contributed by atoms with van der Waals surface area (Å²) in [5, 5.41) is 0.0358. The van der Waals surface area contributed by atoms with Gasteiger partial charge in [-0.25, -0.2) is 8.78 Å². The lowest BCUT2D eigenvalue weighted by molar-refractivity contribution is -0.142. The number of esters is 1. The molecule has 0 unspecified atom stereocenters. The van der Waals surface area contributed by atoms with Crippen LogP contribution in [0.1, 0.15) is 24.6 Å². The zero-order valence-electron chi connectivity index (χ0n) is 9.04. The summed E-state index contributed by atoms with van der Waals surface area (Å²) in [7, 11) is 0. The van der Waals surface area contributed by atoms with E-state index in [2.05, 4.69) is 9.72 Å². The van der Waals surface area contributed by atoms with Gasteiger partial charge < -0.3 is 10.5 Å². The minimum absolute atomic E-state index is 0.0358. The first-order valence-corrected chi connectivity index (χ1v) is 5.21. The molecule has 7 heteroatoms. The van der Waals surface area contributed by atoms with E-state index in [9.17, 15) is 13.6 Å². The van der Waals surface area contributed by atoms with Crippen LogP contribution < -0.4 is 5.73 Å². The number of hydrogen-bond acceptors (Lipinski definition) is 4. The number of nitrogens with two attached hydrogens (primary N) is 1. The molecule has 0 saturated carbocycles. The largest absolute Gasteiger partial charge is 0.466 e. The fourth-order valence-corrected chi connectivity index (χ4v) is 1.45. The predicted molar refractivity (Wildman–Crippen MR) is 59.0 cm³/mol. The smallest absolute Gasteiger partial charge is 0.310 e. The van der Waals surface area contributed by atoms with Crippen molar-refractivity contribution in [3.63, 3.8) is 0 Å². The Morgan fingerprint density at radius 2 is 2.29 bits per heavy atom. The third kappa shape index (κ3) is 3.26. The number of nitrogen functional groups attached to an aromatic ring is 1. The van der Waals surface area contributed by atoms with Crippen LogP contribution in [0.15, 0.2) is 6.20 Å². The van der Waals surface area contributed by atoms with E-state index >= 15 is 0 Å². The summed E-state index contributed by atoms with van der Waals surface area (Å²) in [6.45, 7) is 1.78. The highest BCUT2D eigenvalue weighted by atomic mass is 35.5. The monoisotopic (exact) mass is 264 g/mol. The summed E-state index contributed by atoms with van der Waals surface area (Å²) in [5.74, 6) is -0.648. The molecule has 0 bridgehead atoms. The van der Waals surface area contributed by atoms with Gasteiger partial charge in [0, 0.05) is 11.8 Å². The number of anilines is 1. The highest BCUT2D eigenvalue weighted by molar-refractivity contribution is 6.33. The van der Waals surface area contributed by atoms with Crippen LogP contribution in [-0.2, 0) is 16.0 Å². The van der Waals surface area contributed by atoms with Crippen LogP contribution in [0.4, 0.5) is 14.5 Å². The zero-order valence-corrected chi connectivity index (χ0v) is 9.80. The minimum atomic E-state index is -2.82. The number of carbonyl (C=O) groups is 1. The first-order valence-electron chi connectivity index (χ1n) is 4.83. The van der Waals surface area contributed by atoms with Gasteiger partial charge in [-0.1, -0.05) is 11.6 Å². The maximum absolute atomic E-state index is 12.7. The van der Waals surface area contributed by atoms with Gasteiger partial charge in [0.15, 0.2) is 0 Å². The lowest BCUT2D eigenvalue weighted by atomic mass is 10.1. The number of aromatic nitrogens is 1. The molecule has 1 rings (SSSR count). The van der Waals surface area contributed by atoms with Gasteiger partial charge >= 0.3 is 5.97 Å². The molecule has 4 nitrogen and oxygen atoms in total. The SMILES string of the molecule is CCOC(=O)Cc1c(C(F)F)ncc(Cl)c1N. The molecule has 1 heterocycles. The van der Waals surface area contributed by atoms with Crippen molar-refractivity contribution in [3.05, 3.63) is 22.5 Å². The number of rotatable bonds is 4. The maximum atomic E-state index is 12.7. The second-order valence-electron chi connectivity index (χ2n) is 3.17. The Hall–Kier alpha value is -1.43. The number of hydrogen-bond donors (Lipinski definition) is 1. The van der Waals surface area contributed by atoms with Crippen LogP contribution in [0, 0.1) is 0 Å². The van der Waals surface area contributed by atoms with E-state index in [1.54, 1.807) is 6.92 Å². The molecule has 0 amide bonds. The van der Waals surface area contributed by atoms with Crippen molar-refractivity contribution in [1.29, 1.82) is 0 Å². The van der Waals surface area contributed by atoms with Crippen molar-refractivity contribution >= 4 is 23.3 Å². The predicted octanol–water partition coefficient (Wildman–Crippen LogP) is 2.36. The molecule has 0 aromatic carbocycles. The first kappa shape index (κ1) is 13.6. The van der Waals surface area contributed by atoms with Gasteiger partial charge in [0.2, 0.25) is 0 Å². The van der Waals surface area contributed by atoms with Gasteiger partial charge in [-0.05, 0) is 6.92 Å². The number of carbonyl (C=O) groups excluding carboxylic acids is 1. The minimum Gasteiger partial charge on any atom is -0.466 e. The highest BCUT2D eigenvalue weighted by Gasteiger charge is 2.21. The van der Waals surface area contributed by atoms with Gasteiger partial charge in [-0.3, -0.25) is 9.78 Å². The summed E-state index contributed by atoms with van der Waals surface area (Å²) in [6, 6.07) is 0. The molecule has 1 aromatic heterocycles. The van der Waals surface area contributed by atoms with Crippen molar-refractivity contribution in [3.8, 4) is 0 Å². The second kappa shape index (κ2) is 5.77. The van der Waals surface area contributed by atoms with Crippen molar-refractivity contribution in [2.75, 3.05) is 12.3 Å². The van der Waals surface area contributed by atoms with Gasteiger partial charge in [0.05, 0.1) is 23.7 Å². The van der Waals surface area contributed by atoms with Gasteiger partial charge in [0.25, 0.3) is 6.43 Å². The molecule has 94 valence electrons. The molecular formula is C10H11ClF2N2O2. The number of alkyl halides is 2. The van der Waals surface area contributed by atoms with E-state index in [4.69, 9.17) is 17.3 Å². The molecule has 0 radical (unpaired) electrons. The molecule has 0 aliphatic heterocycles. The topological polar surface area (TPSA) is 65.2 Å². The summed E-state index contributed by atoms with van der Waals surface area (Å²) < 4.78 is 30.0. The molecule has 0 aliphatic carbocycles. The van der Waals surface area contributed by atoms with E-state index in [1.165, 1.54) is 0 Å². The quantitative estimate of drug-likeness (QED) is 0.848. The van der Waals surface area contributed by atoms with Crippen LogP contribution in [0.2, 0.25) is 5.02 Å². The number of halogens is 3. The average Bonchev–Trinajstić information content (AvgIpc) is 2.25. The molecule has 0 aliphatic rings. The Morgan fingerprint density at radius 3 is 2.82 bits per heavy atom. The van der Waals surface area contributed by atoms with Crippen molar-refractivity contribution in [2.45, 2.75) is 19.8 Å². The summed E-state index contributed by atoms with van der Waals surface area (Å²) in [6.07, 6.45) is -2.15. The molecule has 0 spiro atoms.